The summed E-state index contributed by atoms with van der Waals surface area (Å²) in [6.45, 7) is 0. The molecule has 78 valence electrons. The fraction of sp³-hybridized carbons (Fsp3) is 0. The van der Waals surface area contributed by atoms with Gasteiger partial charge in [-0.15, -0.1) is 0 Å². The van der Waals surface area contributed by atoms with Gasteiger partial charge >= 0.3 is 5.97 Å². The summed E-state index contributed by atoms with van der Waals surface area (Å²) < 4.78 is 0. The number of hydrogen-bond donors (Lipinski definition) is 2. The van der Waals surface area contributed by atoms with E-state index in [1.807, 2.05) is 0 Å². The number of phenols is 1. The predicted molar refractivity (Wildman–Crippen MR) is 54.8 cm³/mol. The molecule has 2 N–H and O–H groups in total. The Labute approximate surface area is 90.4 Å². The van der Waals surface area contributed by atoms with E-state index in [1.54, 1.807) is 6.07 Å². The fourth-order valence-corrected chi connectivity index (χ4v) is 1.09. The Morgan fingerprint density at radius 2 is 2.00 bits per heavy atom. The van der Waals surface area contributed by atoms with Crippen LogP contribution < -0.4 is 0 Å². The molecule has 0 atom stereocenters. The molecule has 0 aliphatic carbocycles. The molecule has 1 rings (SSSR count). The van der Waals surface area contributed by atoms with Crippen molar-refractivity contribution in [2.75, 3.05) is 0 Å². The molecule has 0 aromatic heterocycles. The van der Waals surface area contributed by atoms with Crippen molar-refractivity contribution < 1.29 is 19.8 Å². The van der Waals surface area contributed by atoms with E-state index < -0.39 is 11.8 Å². The van der Waals surface area contributed by atoms with Crippen LogP contribution in [0.25, 0.3) is 6.08 Å². The van der Waals surface area contributed by atoms with Gasteiger partial charge in [0, 0.05) is 0 Å². The van der Waals surface area contributed by atoms with Gasteiger partial charge in [0.15, 0.2) is 0 Å². The van der Waals surface area contributed by atoms with E-state index in [0.29, 0.717) is 5.56 Å². The third-order valence-corrected chi connectivity index (χ3v) is 2.05. The van der Waals surface area contributed by atoms with Crippen molar-refractivity contribution in [1.82, 2.24) is 0 Å². The van der Waals surface area contributed by atoms with Crippen LogP contribution in [0.3, 0.4) is 0 Å². The number of halogens is 1. The smallest absolute Gasteiger partial charge is 0.376 e. The summed E-state index contributed by atoms with van der Waals surface area (Å²) in [7, 11) is 0. The maximum Gasteiger partial charge on any atom is 0.376 e. The second kappa shape index (κ2) is 4.61. The van der Waals surface area contributed by atoms with E-state index in [-0.39, 0.29) is 10.8 Å². The molecule has 0 aliphatic rings. The number of aromatic hydroxyl groups is 1. The zero-order chi connectivity index (χ0) is 11.4. The highest BCUT2D eigenvalue weighted by Gasteiger charge is 2.07. The van der Waals surface area contributed by atoms with Gasteiger partial charge in [-0.3, -0.25) is 4.79 Å². The van der Waals surface area contributed by atoms with Crippen LogP contribution in [0, 0.1) is 0 Å². The summed E-state index contributed by atoms with van der Waals surface area (Å²) in [5, 5.41) is 17.6. The number of benzene rings is 1. The molecule has 1 aromatic rings. The Morgan fingerprint density at radius 1 is 1.33 bits per heavy atom. The molecule has 0 radical (unpaired) electrons. The summed E-state index contributed by atoms with van der Waals surface area (Å²) in [5.74, 6) is -2.71. The lowest BCUT2D eigenvalue weighted by Crippen LogP contribution is -2.08. The largest absolute Gasteiger partial charge is 0.506 e. The number of rotatable bonds is 3. The van der Waals surface area contributed by atoms with Gasteiger partial charge in [-0.25, -0.2) is 4.79 Å². The quantitative estimate of drug-likeness (QED) is 0.608. The average Bonchev–Trinajstić information content (AvgIpc) is 2.19. The molecule has 0 heterocycles. The van der Waals surface area contributed by atoms with E-state index in [1.165, 1.54) is 18.2 Å². The maximum absolute atomic E-state index is 10.7. The predicted octanol–water partition coefficient (Wildman–Crippen LogP) is 1.71. The molecular formula is C10H7ClO4. The van der Waals surface area contributed by atoms with Crippen LogP contribution in [0.4, 0.5) is 0 Å². The highest BCUT2D eigenvalue weighted by Crippen LogP contribution is 2.27. The molecule has 0 spiro atoms. The first-order chi connectivity index (χ1) is 7.02. The number of aliphatic carboxylic acids is 1. The van der Waals surface area contributed by atoms with Crippen molar-refractivity contribution in [2.24, 2.45) is 0 Å². The second-order valence-corrected chi connectivity index (χ2v) is 3.06. The summed E-state index contributed by atoms with van der Waals surface area (Å²) in [6, 6.07) is 4.47. The first kappa shape index (κ1) is 11.3. The molecule has 15 heavy (non-hydrogen) atoms. The monoisotopic (exact) mass is 226 g/mol. The van der Waals surface area contributed by atoms with Gasteiger partial charge in [-0.2, -0.15) is 0 Å². The zero-order valence-corrected chi connectivity index (χ0v) is 8.23. The normalized spacial score (nSPS) is 10.5. The molecular weight excluding hydrogens is 220 g/mol. The van der Waals surface area contributed by atoms with Crippen LogP contribution >= 0.6 is 11.6 Å². The number of carboxylic acid groups (broad SMARTS) is 1. The lowest BCUT2D eigenvalue weighted by atomic mass is 10.2. The Morgan fingerprint density at radius 3 is 2.60 bits per heavy atom. The Hall–Kier alpha value is -1.81. The Balaban J connectivity index is 2.95. The lowest BCUT2D eigenvalue weighted by molar-refractivity contribution is -0.146. The van der Waals surface area contributed by atoms with Gasteiger partial charge in [0.2, 0.25) is 0 Å². The van der Waals surface area contributed by atoms with Crippen LogP contribution in [0.5, 0.6) is 5.75 Å². The minimum absolute atomic E-state index is 0.0759. The van der Waals surface area contributed by atoms with Crippen molar-refractivity contribution in [1.29, 1.82) is 0 Å². The molecule has 0 bridgehead atoms. The van der Waals surface area contributed by atoms with E-state index in [2.05, 4.69) is 0 Å². The molecule has 0 saturated heterocycles. The summed E-state index contributed by atoms with van der Waals surface area (Å²) in [4.78, 5) is 20.9. The average molecular weight is 227 g/mol. The molecule has 5 heteroatoms. The third-order valence-electron chi connectivity index (χ3n) is 1.63. The minimum Gasteiger partial charge on any atom is -0.506 e. The lowest BCUT2D eigenvalue weighted by Gasteiger charge is -1.99. The van der Waals surface area contributed by atoms with E-state index in [0.717, 1.165) is 6.08 Å². The highest BCUT2D eigenvalue weighted by molar-refractivity contribution is 6.38. The van der Waals surface area contributed by atoms with E-state index in [9.17, 15) is 14.7 Å². The summed E-state index contributed by atoms with van der Waals surface area (Å²) in [6.07, 6.45) is 2.11. The van der Waals surface area contributed by atoms with Gasteiger partial charge in [0.1, 0.15) is 5.75 Å². The number of carboxylic acids is 1. The third kappa shape index (κ3) is 2.82. The van der Waals surface area contributed by atoms with E-state index in [4.69, 9.17) is 16.7 Å². The van der Waals surface area contributed by atoms with Crippen molar-refractivity contribution in [3.8, 4) is 5.75 Å². The van der Waals surface area contributed by atoms with Gasteiger partial charge < -0.3 is 10.2 Å². The van der Waals surface area contributed by atoms with Crippen molar-refractivity contribution >= 4 is 29.4 Å². The van der Waals surface area contributed by atoms with Crippen LogP contribution in [0.1, 0.15) is 5.56 Å². The zero-order valence-electron chi connectivity index (χ0n) is 7.48. The fourth-order valence-electron chi connectivity index (χ4n) is 0.903. The van der Waals surface area contributed by atoms with Gasteiger partial charge in [-0.1, -0.05) is 23.7 Å². The SMILES string of the molecule is O=C(O)C(=O)/C=C/c1cccc(O)c1Cl. The van der Waals surface area contributed by atoms with Crippen LogP contribution in [-0.4, -0.2) is 22.0 Å². The Bertz CT molecular complexity index is 437. The van der Waals surface area contributed by atoms with Crippen molar-refractivity contribution in [3.63, 3.8) is 0 Å². The number of carbonyl (C=O) groups is 2. The standard InChI is InChI=1S/C10H7ClO4/c11-9-6(2-1-3-7(9)12)4-5-8(13)10(14)15/h1-5,12H,(H,14,15)/b5-4+. The maximum atomic E-state index is 10.7. The van der Waals surface area contributed by atoms with Crippen LogP contribution in [-0.2, 0) is 9.59 Å². The number of carbonyl (C=O) groups excluding carboxylic acids is 1. The highest BCUT2D eigenvalue weighted by atomic mass is 35.5. The van der Waals surface area contributed by atoms with Crippen LogP contribution in [0.2, 0.25) is 5.02 Å². The topological polar surface area (TPSA) is 74.6 Å². The molecule has 0 aliphatic heterocycles. The van der Waals surface area contributed by atoms with Gasteiger partial charge in [-0.05, 0) is 23.8 Å². The molecule has 0 saturated carbocycles. The van der Waals surface area contributed by atoms with Crippen molar-refractivity contribution in [3.05, 3.63) is 34.9 Å². The van der Waals surface area contributed by atoms with Gasteiger partial charge in [0.05, 0.1) is 5.02 Å². The summed E-state index contributed by atoms with van der Waals surface area (Å²) in [5.41, 5.74) is 0.381. The summed E-state index contributed by atoms with van der Waals surface area (Å²) >= 11 is 5.70. The van der Waals surface area contributed by atoms with Crippen LogP contribution in [0.15, 0.2) is 24.3 Å². The minimum atomic E-state index is -1.54. The molecule has 1 aromatic carbocycles. The van der Waals surface area contributed by atoms with E-state index >= 15 is 0 Å². The second-order valence-electron chi connectivity index (χ2n) is 2.68. The number of hydrogen-bond acceptors (Lipinski definition) is 3. The molecule has 0 amide bonds. The first-order valence-electron chi connectivity index (χ1n) is 3.95. The number of phenolic OH excluding ortho intramolecular Hbond substituents is 1. The first-order valence-corrected chi connectivity index (χ1v) is 4.33. The molecule has 0 fully saturated rings. The number of ketones is 1. The van der Waals surface area contributed by atoms with Gasteiger partial charge in [0.25, 0.3) is 5.78 Å². The molecule has 0 unspecified atom stereocenters. The Kier molecular flexibility index (Phi) is 3.46. The van der Waals surface area contributed by atoms with Crippen molar-refractivity contribution in [2.45, 2.75) is 0 Å². The molecule has 4 nitrogen and oxygen atoms in total.